The number of hydrogen-bond donors (Lipinski definition) is 0. The van der Waals surface area contributed by atoms with Crippen LogP contribution in [0.2, 0.25) is 0 Å². The highest BCUT2D eigenvalue weighted by Crippen LogP contribution is 2.25. The van der Waals surface area contributed by atoms with E-state index in [1.54, 1.807) is 0 Å². The van der Waals surface area contributed by atoms with Crippen molar-refractivity contribution in [1.29, 1.82) is 0 Å². The molecule has 1 atom stereocenters. The molecule has 1 heterocycles. The monoisotopic (exact) mass is 233 g/mol. The molecule has 0 saturated carbocycles. The van der Waals surface area contributed by atoms with E-state index in [0.717, 1.165) is 31.5 Å². The largest absolute Gasteiger partial charge is 0.442 e. The van der Waals surface area contributed by atoms with Crippen LogP contribution in [0.4, 0.5) is 5.69 Å². The van der Waals surface area contributed by atoms with Gasteiger partial charge >= 0.3 is 5.97 Å². The van der Waals surface area contributed by atoms with Crippen LogP contribution in [0.15, 0.2) is 30.3 Å². The summed E-state index contributed by atoms with van der Waals surface area (Å²) < 4.78 is 5.49. The highest BCUT2D eigenvalue weighted by molar-refractivity contribution is 5.69. The average Bonchev–Trinajstić information content (AvgIpc) is 2.40. The van der Waals surface area contributed by atoms with Crippen LogP contribution < -0.4 is 4.90 Å². The Kier molecular flexibility index (Phi) is 4.02. The average molecular weight is 233 g/mol. The van der Waals surface area contributed by atoms with Gasteiger partial charge in [0, 0.05) is 25.1 Å². The third-order valence-electron chi connectivity index (χ3n) is 3.09. The molecule has 1 aromatic rings. The molecular weight excluding hydrogens is 214 g/mol. The molecule has 1 aliphatic rings. The van der Waals surface area contributed by atoms with Crippen molar-refractivity contribution in [1.82, 2.24) is 0 Å². The zero-order valence-electron chi connectivity index (χ0n) is 10.3. The molecule has 0 bridgehead atoms. The van der Waals surface area contributed by atoms with Crippen molar-refractivity contribution in [3.63, 3.8) is 0 Å². The molecule has 1 unspecified atom stereocenters. The Labute approximate surface area is 102 Å². The summed E-state index contributed by atoms with van der Waals surface area (Å²) in [5.41, 5.74) is 1.14. The molecular formula is C14H19NO2. The second-order valence-corrected chi connectivity index (χ2v) is 4.32. The number of hydrogen-bond acceptors (Lipinski definition) is 3. The van der Waals surface area contributed by atoms with Crippen molar-refractivity contribution in [2.45, 2.75) is 38.8 Å². The quantitative estimate of drug-likeness (QED) is 0.752. The van der Waals surface area contributed by atoms with Gasteiger partial charge in [-0.3, -0.25) is 4.79 Å². The summed E-state index contributed by atoms with van der Waals surface area (Å²) in [5, 5.41) is 0. The number of esters is 1. The van der Waals surface area contributed by atoms with E-state index < -0.39 is 0 Å². The minimum Gasteiger partial charge on any atom is -0.442 e. The van der Waals surface area contributed by atoms with Gasteiger partial charge in [-0.15, -0.1) is 0 Å². The Morgan fingerprint density at radius 2 is 2.12 bits per heavy atom. The summed E-state index contributed by atoms with van der Waals surface area (Å²) in [6.45, 7) is 2.80. The first-order valence-electron chi connectivity index (χ1n) is 6.32. The fourth-order valence-corrected chi connectivity index (χ4v) is 2.17. The van der Waals surface area contributed by atoms with Gasteiger partial charge < -0.3 is 9.64 Å². The fourth-order valence-electron chi connectivity index (χ4n) is 2.17. The molecule has 3 heteroatoms. The lowest BCUT2D eigenvalue weighted by Crippen LogP contribution is -2.42. The van der Waals surface area contributed by atoms with E-state index >= 15 is 0 Å². The number of para-hydroxylation sites is 1. The summed E-state index contributed by atoms with van der Waals surface area (Å²) in [6.07, 6.45) is 3.58. The summed E-state index contributed by atoms with van der Waals surface area (Å²) in [7, 11) is 0. The highest BCUT2D eigenvalue weighted by Gasteiger charge is 2.25. The smallest absolute Gasteiger partial charge is 0.307 e. The standard InChI is InChI=1S/C14H19NO2/c1-2-14(16)17-13-10-6-7-11-15(13)12-8-4-3-5-9-12/h3-5,8-9,13H,2,6-7,10-11H2,1H3. The maximum Gasteiger partial charge on any atom is 0.307 e. The second-order valence-electron chi connectivity index (χ2n) is 4.32. The van der Waals surface area contributed by atoms with Gasteiger partial charge in [-0.1, -0.05) is 25.1 Å². The molecule has 17 heavy (non-hydrogen) atoms. The van der Waals surface area contributed by atoms with Crippen LogP contribution in [0.1, 0.15) is 32.6 Å². The minimum atomic E-state index is -0.113. The lowest BCUT2D eigenvalue weighted by molar-refractivity contribution is -0.149. The topological polar surface area (TPSA) is 29.5 Å². The molecule has 0 aromatic heterocycles. The number of piperidine rings is 1. The minimum absolute atomic E-state index is 0.0846. The number of carbonyl (C=O) groups excluding carboxylic acids is 1. The number of carbonyl (C=O) groups is 1. The van der Waals surface area contributed by atoms with Crippen LogP contribution in [0.3, 0.4) is 0 Å². The molecule has 0 radical (unpaired) electrons. The Morgan fingerprint density at radius 3 is 2.82 bits per heavy atom. The van der Waals surface area contributed by atoms with Gasteiger partial charge in [-0.2, -0.15) is 0 Å². The Bertz CT molecular complexity index is 364. The third-order valence-corrected chi connectivity index (χ3v) is 3.09. The molecule has 0 N–H and O–H groups in total. The predicted molar refractivity (Wildman–Crippen MR) is 67.8 cm³/mol. The van der Waals surface area contributed by atoms with Crippen molar-refractivity contribution in [2.24, 2.45) is 0 Å². The van der Waals surface area contributed by atoms with Crippen LogP contribution in [0.5, 0.6) is 0 Å². The summed E-state index contributed by atoms with van der Waals surface area (Å²) in [6, 6.07) is 10.2. The summed E-state index contributed by atoms with van der Waals surface area (Å²) in [4.78, 5) is 13.6. The molecule has 92 valence electrons. The van der Waals surface area contributed by atoms with E-state index in [2.05, 4.69) is 17.0 Å². The van der Waals surface area contributed by atoms with Crippen molar-refractivity contribution in [3.05, 3.63) is 30.3 Å². The van der Waals surface area contributed by atoms with Crippen LogP contribution >= 0.6 is 0 Å². The number of ether oxygens (including phenoxy) is 1. The van der Waals surface area contributed by atoms with E-state index in [1.807, 2.05) is 25.1 Å². The van der Waals surface area contributed by atoms with Crippen molar-refractivity contribution in [3.8, 4) is 0 Å². The first kappa shape index (κ1) is 12.0. The number of anilines is 1. The molecule has 1 fully saturated rings. The maximum absolute atomic E-state index is 11.4. The SMILES string of the molecule is CCC(=O)OC1CCCCN1c1ccccc1. The molecule has 1 saturated heterocycles. The molecule has 0 spiro atoms. The Morgan fingerprint density at radius 1 is 1.35 bits per heavy atom. The van der Waals surface area contributed by atoms with Gasteiger partial charge in [0.1, 0.15) is 0 Å². The zero-order chi connectivity index (χ0) is 12.1. The first-order chi connectivity index (χ1) is 8.31. The Balaban J connectivity index is 2.09. The second kappa shape index (κ2) is 5.71. The van der Waals surface area contributed by atoms with Crippen molar-refractivity contribution < 1.29 is 9.53 Å². The van der Waals surface area contributed by atoms with Crippen molar-refractivity contribution in [2.75, 3.05) is 11.4 Å². The summed E-state index contributed by atoms with van der Waals surface area (Å²) >= 11 is 0. The van der Waals surface area contributed by atoms with Gasteiger partial charge in [0.25, 0.3) is 0 Å². The van der Waals surface area contributed by atoms with Gasteiger partial charge in [0.05, 0.1) is 0 Å². The molecule has 3 nitrogen and oxygen atoms in total. The van der Waals surface area contributed by atoms with E-state index in [4.69, 9.17) is 4.74 Å². The fraction of sp³-hybridized carbons (Fsp3) is 0.500. The lowest BCUT2D eigenvalue weighted by atomic mass is 10.1. The molecule has 2 rings (SSSR count). The van der Waals surface area contributed by atoms with Gasteiger partial charge in [-0.25, -0.2) is 0 Å². The normalized spacial score (nSPS) is 20.1. The highest BCUT2D eigenvalue weighted by atomic mass is 16.6. The van der Waals surface area contributed by atoms with E-state index in [0.29, 0.717) is 6.42 Å². The number of benzene rings is 1. The maximum atomic E-state index is 11.4. The van der Waals surface area contributed by atoms with Crippen LogP contribution in [0, 0.1) is 0 Å². The van der Waals surface area contributed by atoms with Gasteiger partial charge in [0.2, 0.25) is 0 Å². The third kappa shape index (κ3) is 2.99. The number of rotatable bonds is 3. The molecule has 0 aliphatic carbocycles. The van der Waals surface area contributed by atoms with Gasteiger partial charge in [0.15, 0.2) is 6.23 Å². The van der Waals surface area contributed by atoms with Crippen LogP contribution in [-0.2, 0) is 9.53 Å². The number of nitrogens with zero attached hydrogens (tertiary/aromatic N) is 1. The van der Waals surface area contributed by atoms with Gasteiger partial charge in [-0.05, 0) is 25.0 Å². The van der Waals surface area contributed by atoms with Crippen LogP contribution in [-0.4, -0.2) is 18.7 Å². The molecule has 1 aliphatic heterocycles. The van der Waals surface area contributed by atoms with E-state index in [-0.39, 0.29) is 12.2 Å². The lowest BCUT2D eigenvalue weighted by Gasteiger charge is -2.36. The first-order valence-corrected chi connectivity index (χ1v) is 6.32. The predicted octanol–water partition coefficient (Wildman–Crippen LogP) is 2.96. The van der Waals surface area contributed by atoms with Crippen LogP contribution in [0.25, 0.3) is 0 Å². The summed E-state index contributed by atoms with van der Waals surface area (Å²) in [5.74, 6) is -0.113. The van der Waals surface area contributed by atoms with E-state index in [1.165, 1.54) is 0 Å². The van der Waals surface area contributed by atoms with Crippen molar-refractivity contribution >= 4 is 11.7 Å². The van der Waals surface area contributed by atoms with E-state index in [9.17, 15) is 4.79 Å². The zero-order valence-corrected chi connectivity index (χ0v) is 10.3. The molecule has 1 aromatic carbocycles. The Hall–Kier alpha value is -1.51. The molecule has 0 amide bonds.